The van der Waals surface area contributed by atoms with E-state index in [1.54, 1.807) is 0 Å². The molecule has 4 rings (SSSR count). The lowest BCUT2D eigenvalue weighted by molar-refractivity contribution is -0.00671. The molecule has 2 heterocycles. The molecule has 0 aromatic heterocycles. The van der Waals surface area contributed by atoms with Gasteiger partial charge in [-0.05, 0) is 66.8 Å². The SMILES string of the molecule is C[C@H]1C2Cc3ccc(O)cc3[C@]1(C)CCN2C[C@@H]1CCCO1. The summed E-state index contributed by atoms with van der Waals surface area (Å²) in [5.74, 6) is 1.03. The Hall–Kier alpha value is -1.06. The minimum atomic E-state index is 0.198. The minimum Gasteiger partial charge on any atom is -0.508 e. The van der Waals surface area contributed by atoms with E-state index in [2.05, 4.69) is 24.8 Å². The van der Waals surface area contributed by atoms with Crippen LogP contribution in [0.5, 0.6) is 5.75 Å². The first kappa shape index (κ1) is 14.5. The van der Waals surface area contributed by atoms with Gasteiger partial charge in [-0.3, -0.25) is 4.90 Å². The van der Waals surface area contributed by atoms with Gasteiger partial charge in [-0.1, -0.05) is 19.9 Å². The van der Waals surface area contributed by atoms with E-state index in [0.717, 1.165) is 26.1 Å². The van der Waals surface area contributed by atoms with Gasteiger partial charge < -0.3 is 9.84 Å². The number of likely N-dealkylation sites (tertiary alicyclic amines) is 1. The molecule has 1 aliphatic carbocycles. The molecule has 2 bridgehead atoms. The molecule has 0 amide bonds. The predicted molar refractivity (Wildman–Crippen MR) is 87.3 cm³/mol. The van der Waals surface area contributed by atoms with Gasteiger partial charge in [-0.2, -0.15) is 0 Å². The number of hydrogen-bond donors (Lipinski definition) is 1. The molecule has 120 valence electrons. The van der Waals surface area contributed by atoms with Gasteiger partial charge in [0.25, 0.3) is 0 Å². The van der Waals surface area contributed by atoms with Crippen molar-refractivity contribution in [3.05, 3.63) is 29.3 Å². The highest BCUT2D eigenvalue weighted by Crippen LogP contribution is 2.49. The van der Waals surface area contributed by atoms with Crippen LogP contribution in [0.3, 0.4) is 0 Å². The van der Waals surface area contributed by atoms with E-state index in [1.807, 2.05) is 12.1 Å². The molecule has 1 aromatic carbocycles. The van der Waals surface area contributed by atoms with Crippen molar-refractivity contribution >= 4 is 0 Å². The maximum absolute atomic E-state index is 9.90. The van der Waals surface area contributed by atoms with Crippen LogP contribution in [0.25, 0.3) is 0 Å². The van der Waals surface area contributed by atoms with Gasteiger partial charge >= 0.3 is 0 Å². The lowest BCUT2D eigenvalue weighted by atomic mass is 9.59. The first-order chi connectivity index (χ1) is 10.6. The van der Waals surface area contributed by atoms with E-state index in [-0.39, 0.29) is 5.41 Å². The number of hydrogen-bond acceptors (Lipinski definition) is 3. The Balaban J connectivity index is 1.63. The largest absolute Gasteiger partial charge is 0.508 e. The monoisotopic (exact) mass is 301 g/mol. The number of nitrogens with zero attached hydrogens (tertiary/aromatic N) is 1. The second-order valence-electron chi connectivity index (χ2n) is 7.70. The van der Waals surface area contributed by atoms with Crippen molar-refractivity contribution in [3.8, 4) is 5.75 Å². The number of benzene rings is 1. The van der Waals surface area contributed by atoms with Crippen molar-refractivity contribution in [2.24, 2.45) is 5.92 Å². The van der Waals surface area contributed by atoms with Crippen molar-refractivity contribution in [2.75, 3.05) is 19.7 Å². The van der Waals surface area contributed by atoms with Gasteiger partial charge in [0.15, 0.2) is 0 Å². The second kappa shape index (κ2) is 5.24. The van der Waals surface area contributed by atoms with Crippen LogP contribution in [0.4, 0.5) is 0 Å². The summed E-state index contributed by atoms with van der Waals surface area (Å²) in [4.78, 5) is 2.68. The average Bonchev–Trinajstić information content (AvgIpc) is 3.00. The molecule has 22 heavy (non-hydrogen) atoms. The number of piperidine rings is 1. The summed E-state index contributed by atoms with van der Waals surface area (Å²) in [7, 11) is 0. The zero-order valence-electron chi connectivity index (χ0n) is 13.7. The fraction of sp³-hybridized carbons (Fsp3) is 0.684. The van der Waals surface area contributed by atoms with Crippen LogP contribution in [0.2, 0.25) is 0 Å². The lowest BCUT2D eigenvalue weighted by Crippen LogP contribution is -2.59. The standard InChI is InChI=1S/C19H27NO2/c1-13-18-10-14-5-6-15(21)11-17(14)19(13,2)7-8-20(18)12-16-4-3-9-22-16/h5-6,11,13,16,18,21H,3-4,7-10,12H2,1-2H3/t13-,16-,18?,19+/m0/s1. The highest BCUT2D eigenvalue weighted by molar-refractivity contribution is 5.44. The van der Waals surface area contributed by atoms with Gasteiger partial charge in [0.2, 0.25) is 0 Å². The number of phenols is 1. The molecule has 2 saturated heterocycles. The molecule has 2 aliphatic heterocycles. The normalized spacial score (nSPS) is 38.0. The Bertz CT molecular complexity index is 567. The molecular formula is C19H27NO2. The molecule has 2 fully saturated rings. The summed E-state index contributed by atoms with van der Waals surface area (Å²) in [6.45, 7) is 7.99. The maximum atomic E-state index is 9.90. The number of aromatic hydroxyl groups is 1. The fourth-order valence-electron chi connectivity index (χ4n) is 4.97. The number of ether oxygens (including phenoxy) is 1. The van der Waals surface area contributed by atoms with Crippen LogP contribution in [0, 0.1) is 5.92 Å². The van der Waals surface area contributed by atoms with Crippen LogP contribution in [-0.4, -0.2) is 41.8 Å². The molecule has 3 heteroatoms. The van der Waals surface area contributed by atoms with Crippen LogP contribution in [0.1, 0.15) is 44.2 Å². The summed E-state index contributed by atoms with van der Waals surface area (Å²) in [5, 5.41) is 9.90. The Kier molecular flexibility index (Phi) is 3.46. The number of rotatable bonds is 2. The Morgan fingerprint density at radius 1 is 1.41 bits per heavy atom. The Morgan fingerprint density at radius 2 is 2.27 bits per heavy atom. The third kappa shape index (κ3) is 2.17. The zero-order chi connectivity index (χ0) is 15.3. The summed E-state index contributed by atoms with van der Waals surface area (Å²) in [5.41, 5.74) is 3.01. The topological polar surface area (TPSA) is 32.7 Å². The van der Waals surface area contributed by atoms with Crippen LogP contribution in [-0.2, 0) is 16.6 Å². The van der Waals surface area contributed by atoms with Crippen LogP contribution in [0.15, 0.2) is 18.2 Å². The molecule has 0 spiro atoms. The summed E-state index contributed by atoms with van der Waals surface area (Å²) in [6.07, 6.45) is 5.17. The summed E-state index contributed by atoms with van der Waals surface area (Å²) >= 11 is 0. The molecule has 0 saturated carbocycles. The van der Waals surface area contributed by atoms with Gasteiger partial charge in [0, 0.05) is 19.2 Å². The summed E-state index contributed by atoms with van der Waals surface area (Å²) < 4.78 is 5.86. The van der Waals surface area contributed by atoms with Crippen molar-refractivity contribution in [1.82, 2.24) is 4.90 Å². The van der Waals surface area contributed by atoms with E-state index in [9.17, 15) is 5.11 Å². The van der Waals surface area contributed by atoms with E-state index >= 15 is 0 Å². The van der Waals surface area contributed by atoms with Gasteiger partial charge in [0.1, 0.15) is 5.75 Å². The number of fused-ring (bicyclic) bond motifs is 4. The molecule has 4 atom stereocenters. The van der Waals surface area contributed by atoms with Crippen molar-refractivity contribution < 1.29 is 9.84 Å². The minimum absolute atomic E-state index is 0.198. The predicted octanol–water partition coefficient (Wildman–Crippen LogP) is 3.10. The van der Waals surface area contributed by atoms with E-state index in [0.29, 0.717) is 23.8 Å². The van der Waals surface area contributed by atoms with E-state index < -0.39 is 0 Å². The smallest absolute Gasteiger partial charge is 0.115 e. The van der Waals surface area contributed by atoms with Crippen LogP contribution >= 0.6 is 0 Å². The molecule has 1 aromatic rings. The first-order valence-corrected chi connectivity index (χ1v) is 8.76. The van der Waals surface area contributed by atoms with E-state index in [1.165, 1.54) is 30.4 Å². The molecule has 0 radical (unpaired) electrons. The third-order valence-electron chi connectivity index (χ3n) is 6.57. The van der Waals surface area contributed by atoms with Crippen LogP contribution < -0.4 is 0 Å². The molecular weight excluding hydrogens is 274 g/mol. The van der Waals surface area contributed by atoms with Gasteiger partial charge in [-0.25, -0.2) is 0 Å². The lowest BCUT2D eigenvalue weighted by Gasteiger charge is -2.55. The van der Waals surface area contributed by atoms with Gasteiger partial charge in [-0.15, -0.1) is 0 Å². The summed E-state index contributed by atoms with van der Waals surface area (Å²) in [6, 6.07) is 6.60. The second-order valence-corrected chi connectivity index (χ2v) is 7.70. The Morgan fingerprint density at radius 3 is 3.05 bits per heavy atom. The molecule has 1 unspecified atom stereocenters. The van der Waals surface area contributed by atoms with Crippen molar-refractivity contribution in [2.45, 2.75) is 57.1 Å². The first-order valence-electron chi connectivity index (χ1n) is 8.76. The fourth-order valence-corrected chi connectivity index (χ4v) is 4.97. The Labute approximate surface area is 133 Å². The maximum Gasteiger partial charge on any atom is 0.115 e. The third-order valence-corrected chi connectivity index (χ3v) is 6.57. The van der Waals surface area contributed by atoms with Gasteiger partial charge in [0.05, 0.1) is 6.10 Å². The quantitative estimate of drug-likeness (QED) is 0.911. The highest BCUT2D eigenvalue weighted by atomic mass is 16.5. The highest BCUT2D eigenvalue weighted by Gasteiger charge is 2.48. The van der Waals surface area contributed by atoms with E-state index in [4.69, 9.17) is 4.74 Å². The molecule has 3 nitrogen and oxygen atoms in total. The zero-order valence-corrected chi connectivity index (χ0v) is 13.7. The number of phenolic OH excluding ortho intramolecular Hbond substituents is 1. The van der Waals surface area contributed by atoms with Crippen molar-refractivity contribution in [1.29, 1.82) is 0 Å². The average molecular weight is 301 g/mol. The molecule has 3 aliphatic rings. The van der Waals surface area contributed by atoms with Crippen molar-refractivity contribution in [3.63, 3.8) is 0 Å². The molecule has 1 N–H and O–H groups in total.